The number of halogens is 1. The zero-order valence-corrected chi connectivity index (χ0v) is 12.7. The maximum Gasteiger partial charge on any atom is 0.328 e. The fourth-order valence-corrected chi connectivity index (χ4v) is 2.96. The van der Waals surface area contributed by atoms with Gasteiger partial charge in [0.15, 0.2) is 11.6 Å². The second-order valence-corrected chi connectivity index (χ2v) is 6.10. The van der Waals surface area contributed by atoms with Gasteiger partial charge in [-0.2, -0.15) is 8.42 Å². The first kappa shape index (κ1) is 15.4. The van der Waals surface area contributed by atoms with Crippen LogP contribution in [0.3, 0.4) is 0 Å². The lowest BCUT2D eigenvalue weighted by atomic mass is 10.3. The number of benzene rings is 2. The normalized spacial score (nSPS) is 11.7. The summed E-state index contributed by atoms with van der Waals surface area (Å²) >= 11 is 0. The van der Waals surface area contributed by atoms with Gasteiger partial charge in [-0.05, 0) is 24.3 Å². The van der Waals surface area contributed by atoms with E-state index in [0.717, 1.165) is 0 Å². The van der Waals surface area contributed by atoms with Crippen LogP contribution in [0.2, 0.25) is 0 Å². The van der Waals surface area contributed by atoms with Crippen molar-refractivity contribution in [2.24, 2.45) is 0 Å². The summed E-state index contributed by atoms with van der Waals surface area (Å²) in [4.78, 5) is 3.92. The minimum absolute atomic E-state index is 0.0177. The number of para-hydroxylation sites is 3. The van der Waals surface area contributed by atoms with Gasteiger partial charge in [-0.25, -0.2) is 9.37 Å². The van der Waals surface area contributed by atoms with Crippen LogP contribution in [0.5, 0.6) is 5.75 Å². The summed E-state index contributed by atoms with van der Waals surface area (Å²) in [6.45, 7) is 0.105. The molecule has 0 saturated carbocycles. The highest BCUT2D eigenvalue weighted by Crippen LogP contribution is 2.20. The molecular weight excluding hydrogens is 323 g/mol. The van der Waals surface area contributed by atoms with Crippen LogP contribution in [0, 0.1) is 5.82 Å². The molecule has 1 aromatic heterocycles. The minimum atomic E-state index is -4.48. The van der Waals surface area contributed by atoms with Crippen molar-refractivity contribution in [1.82, 2.24) is 9.55 Å². The molecule has 6 nitrogen and oxygen atoms in total. The van der Waals surface area contributed by atoms with Crippen molar-refractivity contribution in [3.8, 4) is 5.75 Å². The van der Waals surface area contributed by atoms with E-state index in [4.69, 9.17) is 4.74 Å². The van der Waals surface area contributed by atoms with Gasteiger partial charge in [0.25, 0.3) is 5.16 Å². The molecule has 0 unspecified atom stereocenters. The molecule has 23 heavy (non-hydrogen) atoms. The number of hydrogen-bond acceptors (Lipinski definition) is 4. The van der Waals surface area contributed by atoms with E-state index in [9.17, 15) is 17.4 Å². The van der Waals surface area contributed by atoms with Gasteiger partial charge in [-0.1, -0.05) is 24.3 Å². The van der Waals surface area contributed by atoms with Gasteiger partial charge in [0, 0.05) is 0 Å². The van der Waals surface area contributed by atoms with E-state index in [-0.39, 0.29) is 18.9 Å². The number of rotatable bonds is 5. The third-order valence-electron chi connectivity index (χ3n) is 3.26. The Morgan fingerprint density at radius 1 is 1.13 bits per heavy atom. The minimum Gasteiger partial charge on any atom is -0.489 e. The molecule has 0 atom stereocenters. The predicted octanol–water partition coefficient (Wildman–Crippen LogP) is 2.50. The first-order valence-electron chi connectivity index (χ1n) is 6.77. The predicted molar refractivity (Wildman–Crippen MR) is 81.4 cm³/mol. The quantitative estimate of drug-likeness (QED) is 0.724. The van der Waals surface area contributed by atoms with E-state index in [1.807, 2.05) is 0 Å². The van der Waals surface area contributed by atoms with Crippen LogP contribution in [0.15, 0.2) is 53.7 Å². The number of aromatic nitrogens is 2. The molecule has 8 heteroatoms. The van der Waals surface area contributed by atoms with Crippen LogP contribution < -0.4 is 4.74 Å². The molecular formula is C15H13FN2O4S. The van der Waals surface area contributed by atoms with Crippen LogP contribution in [0.25, 0.3) is 11.0 Å². The fraction of sp³-hybridized carbons (Fsp3) is 0.133. The Morgan fingerprint density at radius 3 is 2.57 bits per heavy atom. The average Bonchev–Trinajstić information content (AvgIpc) is 2.88. The fourth-order valence-electron chi connectivity index (χ4n) is 2.28. The molecule has 1 heterocycles. The third kappa shape index (κ3) is 3.17. The summed E-state index contributed by atoms with van der Waals surface area (Å²) in [5.41, 5.74) is 0.975. The molecule has 120 valence electrons. The van der Waals surface area contributed by atoms with Crippen molar-refractivity contribution in [2.45, 2.75) is 11.7 Å². The van der Waals surface area contributed by atoms with Crippen LogP contribution in [0.1, 0.15) is 0 Å². The number of hydrogen-bond donors (Lipinski definition) is 1. The Bertz CT molecular complexity index is 953. The molecule has 2 aromatic carbocycles. The maximum absolute atomic E-state index is 13.5. The van der Waals surface area contributed by atoms with Gasteiger partial charge >= 0.3 is 10.1 Å². The molecule has 3 rings (SSSR count). The lowest BCUT2D eigenvalue weighted by molar-refractivity contribution is 0.281. The number of imidazole rings is 1. The molecule has 0 saturated heterocycles. The van der Waals surface area contributed by atoms with E-state index >= 15 is 0 Å². The number of nitrogens with zero attached hydrogens (tertiary/aromatic N) is 2. The lowest BCUT2D eigenvalue weighted by Crippen LogP contribution is -2.14. The van der Waals surface area contributed by atoms with Crippen molar-refractivity contribution >= 4 is 21.2 Å². The van der Waals surface area contributed by atoms with E-state index in [2.05, 4.69) is 4.98 Å². The van der Waals surface area contributed by atoms with Crippen molar-refractivity contribution in [2.75, 3.05) is 6.61 Å². The van der Waals surface area contributed by atoms with Gasteiger partial charge in [-0.3, -0.25) is 4.55 Å². The molecule has 0 fully saturated rings. The molecule has 0 spiro atoms. The van der Waals surface area contributed by atoms with Gasteiger partial charge in [0.2, 0.25) is 0 Å². The Balaban J connectivity index is 1.89. The van der Waals surface area contributed by atoms with Crippen LogP contribution in [0.4, 0.5) is 4.39 Å². The van der Waals surface area contributed by atoms with E-state index in [1.54, 1.807) is 36.4 Å². The zero-order chi connectivity index (χ0) is 16.4. The molecule has 1 N–H and O–H groups in total. The molecule has 0 aliphatic carbocycles. The van der Waals surface area contributed by atoms with E-state index in [1.165, 1.54) is 16.7 Å². The maximum atomic E-state index is 13.5. The van der Waals surface area contributed by atoms with Crippen LogP contribution in [-0.4, -0.2) is 29.1 Å². The molecule has 0 amide bonds. The summed E-state index contributed by atoms with van der Waals surface area (Å²) in [5, 5.41) is -0.462. The topological polar surface area (TPSA) is 81.4 Å². The lowest BCUT2D eigenvalue weighted by Gasteiger charge is -2.10. The monoisotopic (exact) mass is 336 g/mol. The summed E-state index contributed by atoms with van der Waals surface area (Å²) < 4.78 is 52.4. The van der Waals surface area contributed by atoms with Crippen molar-refractivity contribution in [3.63, 3.8) is 0 Å². The van der Waals surface area contributed by atoms with Crippen LogP contribution >= 0.6 is 0 Å². The highest BCUT2D eigenvalue weighted by atomic mass is 32.2. The highest BCUT2D eigenvalue weighted by Gasteiger charge is 2.21. The Hall–Kier alpha value is -2.45. The first-order valence-corrected chi connectivity index (χ1v) is 8.21. The Labute approximate surface area is 131 Å². The summed E-state index contributed by atoms with van der Waals surface area (Å²) in [6, 6.07) is 12.7. The molecule has 0 aliphatic rings. The summed E-state index contributed by atoms with van der Waals surface area (Å²) in [7, 11) is -4.48. The van der Waals surface area contributed by atoms with Gasteiger partial charge in [0.05, 0.1) is 17.6 Å². The summed E-state index contributed by atoms with van der Waals surface area (Å²) in [5.74, 6) is -0.427. The van der Waals surface area contributed by atoms with Crippen molar-refractivity contribution in [3.05, 3.63) is 54.3 Å². The largest absolute Gasteiger partial charge is 0.489 e. The number of ether oxygens (including phenoxy) is 1. The van der Waals surface area contributed by atoms with Gasteiger partial charge in [0.1, 0.15) is 6.61 Å². The average molecular weight is 336 g/mol. The Morgan fingerprint density at radius 2 is 1.83 bits per heavy atom. The van der Waals surface area contributed by atoms with E-state index < -0.39 is 21.1 Å². The molecule has 0 aliphatic heterocycles. The van der Waals surface area contributed by atoms with Gasteiger partial charge < -0.3 is 9.30 Å². The SMILES string of the molecule is O=S(=O)(O)c1nc2ccccc2n1CCOc1ccccc1F. The van der Waals surface area contributed by atoms with Gasteiger partial charge in [-0.15, -0.1) is 0 Å². The second-order valence-electron chi connectivity index (χ2n) is 4.79. The van der Waals surface area contributed by atoms with Crippen LogP contribution in [-0.2, 0) is 16.7 Å². The zero-order valence-electron chi connectivity index (χ0n) is 11.9. The van der Waals surface area contributed by atoms with Crippen molar-refractivity contribution < 1.29 is 22.1 Å². The second kappa shape index (κ2) is 5.98. The molecule has 0 bridgehead atoms. The third-order valence-corrected chi connectivity index (χ3v) is 4.03. The standard InChI is InChI=1S/C15H13FN2O4S/c16-11-5-1-4-8-14(11)22-10-9-18-13-7-3-2-6-12(13)17-15(18)23(19,20)21/h1-8H,9-10H2,(H,19,20,21). The molecule has 0 radical (unpaired) electrons. The first-order chi connectivity index (χ1) is 11.0. The number of fused-ring (bicyclic) bond motifs is 1. The Kier molecular flexibility index (Phi) is 4.01. The molecule has 3 aromatic rings. The highest BCUT2D eigenvalue weighted by molar-refractivity contribution is 7.85. The van der Waals surface area contributed by atoms with Crippen molar-refractivity contribution in [1.29, 1.82) is 0 Å². The van der Waals surface area contributed by atoms with E-state index in [0.29, 0.717) is 11.0 Å². The smallest absolute Gasteiger partial charge is 0.328 e. The summed E-state index contributed by atoms with van der Waals surface area (Å²) in [6.07, 6.45) is 0.